The highest BCUT2D eigenvalue weighted by Crippen LogP contribution is 2.07. The number of aromatic nitrogens is 4. The van der Waals surface area contributed by atoms with Gasteiger partial charge >= 0.3 is 0 Å². The number of carbonyl (C=O) groups is 1. The first-order valence-corrected chi connectivity index (χ1v) is 5.26. The van der Waals surface area contributed by atoms with Crippen LogP contribution in [0, 0.1) is 0 Å². The zero-order valence-electron chi connectivity index (χ0n) is 8.86. The molecular weight excluding hydrogens is 208 g/mol. The second kappa shape index (κ2) is 5.36. The quantitative estimate of drug-likeness (QED) is 0.582. The molecule has 0 saturated heterocycles. The summed E-state index contributed by atoms with van der Waals surface area (Å²) < 4.78 is 0. The zero-order chi connectivity index (χ0) is 11.2. The molecule has 16 heavy (non-hydrogen) atoms. The zero-order valence-corrected chi connectivity index (χ0v) is 8.86. The second-order valence-electron chi connectivity index (χ2n) is 3.56. The standard InChI is InChI=1S/C9H14N6O/c16-9(8-12-14-15-13-8)11-6-3-7-1-4-10-5-2-7/h1,10H,2-6H2,(H,11,16)(H,12,13,14,15). The molecule has 0 radical (unpaired) electrons. The monoisotopic (exact) mass is 222 g/mol. The van der Waals surface area contributed by atoms with E-state index in [9.17, 15) is 4.79 Å². The van der Waals surface area contributed by atoms with Crippen LogP contribution in [0.15, 0.2) is 11.6 Å². The Morgan fingerprint density at radius 3 is 3.19 bits per heavy atom. The molecule has 2 rings (SSSR count). The topological polar surface area (TPSA) is 95.6 Å². The van der Waals surface area contributed by atoms with Crippen LogP contribution in [0.2, 0.25) is 0 Å². The molecule has 7 nitrogen and oxygen atoms in total. The van der Waals surface area contributed by atoms with Crippen molar-refractivity contribution < 1.29 is 4.79 Å². The van der Waals surface area contributed by atoms with E-state index >= 15 is 0 Å². The number of nitrogens with one attached hydrogen (secondary N) is 3. The van der Waals surface area contributed by atoms with Crippen molar-refractivity contribution in [2.45, 2.75) is 12.8 Å². The molecule has 1 aromatic rings. The maximum absolute atomic E-state index is 11.4. The molecule has 0 saturated carbocycles. The summed E-state index contributed by atoms with van der Waals surface area (Å²) in [7, 11) is 0. The molecule has 1 amide bonds. The Bertz CT molecular complexity index is 371. The van der Waals surface area contributed by atoms with Crippen molar-refractivity contribution in [2.24, 2.45) is 0 Å². The van der Waals surface area contributed by atoms with Gasteiger partial charge in [0.2, 0.25) is 0 Å². The van der Waals surface area contributed by atoms with Gasteiger partial charge in [0, 0.05) is 13.1 Å². The molecule has 1 aliphatic heterocycles. The lowest BCUT2D eigenvalue weighted by Gasteiger charge is -2.13. The molecule has 0 atom stereocenters. The highest BCUT2D eigenvalue weighted by Gasteiger charge is 2.10. The van der Waals surface area contributed by atoms with Gasteiger partial charge in [-0.25, -0.2) is 0 Å². The van der Waals surface area contributed by atoms with Crippen molar-refractivity contribution in [1.82, 2.24) is 31.3 Å². The number of rotatable bonds is 4. The third kappa shape index (κ3) is 2.86. The first kappa shape index (κ1) is 10.7. The molecule has 0 fully saturated rings. The molecule has 7 heteroatoms. The molecule has 1 aliphatic rings. The van der Waals surface area contributed by atoms with Gasteiger partial charge in [0.25, 0.3) is 11.7 Å². The highest BCUT2D eigenvalue weighted by molar-refractivity contribution is 5.89. The summed E-state index contributed by atoms with van der Waals surface area (Å²) in [5.74, 6) is -0.206. The van der Waals surface area contributed by atoms with Crippen LogP contribution in [0.5, 0.6) is 0 Å². The lowest BCUT2D eigenvalue weighted by molar-refractivity contribution is 0.0943. The summed E-state index contributed by atoms with van der Waals surface area (Å²) in [4.78, 5) is 11.4. The van der Waals surface area contributed by atoms with Crippen molar-refractivity contribution in [3.8, 4) is 0 Å². The highest BCUT2D eigenvalue weighted by atomic mass is 16.2. The fourth-order valence-corrected chi connectivity index (χ4v) is 1.57. The molecule has 3 N–H and O–H groups in total. The van der Waals surface area contributed by atoms with Gasteiger partial charge in [-0.1, -0.05) is 11.6 Å². The van der Waals surface area contributed by atoms with Gasteiger partial charge in [-0.05, 0) is 24.6 Å². The van der Waals surface area contributed by atoms with Crippen molar-refractivity contribution in [3.63, 3.8) is 0 Å². The van der Waals surface area contributed by atoms with Crippen LogP contribution in [-0.2, 0) is 0 Å². The third-order valence-electron chi connectivity index (χ3n) is 2.44. The average Bonchev–Trinajstić information content (AvgIpc) is 2.84. The van der Waals surface area contributed by atoms with E-state index in [1.165, 1.54) is 5.57 Å². The molecule has 1 aromatic heterocycles. The largest absolute Gasteiger partial charge is 0.349 e. The van der Waals surface area contributed by atoms with Crippen molar-refractivity contribution in [2.75, 3.05) is 19.6 Å². The average molecular weight is 222 g/mol. The van der Waals surface area contributed by atoms with Crippen LogP contribution in [-0.4, -0.2) is 46.2 Å². The van der Waals surface area contributed by atoms with E-state index in [1.807, 2.05) is 0 Å². The smallest absolute Gasteiger partial charge is 0.292 e. The molecule has 0 unspecified atom stereocenters. The van der Waals surface area contributed by atoms with Crippen molar-refractivity contribution >= 4 is 5.91 Å². The summed E-state index contributed by atoms with van der Waals surface area (Å²) in [5.41, 5.74) is 1.38. The summed E-state index contributed by atoms with van der Waals surface area (Å²) in [6.07, 6.45) is 4.10. The number of nitrogens with zero attached hydrogens (tertiary/aromatic N) is 3. The van der Waals surface area contributed by atoms with E-state index in [-0.39, 0.29) is 11.7 Å². The van der Waals surface area contributed by atoms with Gasteiger partial charge in [0.15, 0.2) is 0 Å². The lowest BCUT2D eigenvalue weighted by Crippen LogP contribution is -2.27. The molecule has 2 heterocycles. The Hall–Kier alpha value is -1.76. The number of H-pyrrole nitrogens is 1. The van der Waals surface area contributed by atoms with E-state index in [1.54, 1.807) is 0 Å². The van der Waals surface area contributed by atoms with Crippen LogP contribution in [0.1, 0.15) is 23.5 Å². The fourth-order valence-electron chi connectivity index (χ4n) is 1.57. The Labute approximate surface area is 92.7 Å². The maximum atomic E-state index is 11.4. The van der Waals surface area contributed by atoms with E-state index in [0.29, 0.717) is 6.54 Å². The van der Waals surface area contributed by atoms with Crippen LogP contribution < -0.4 is 10.6 Å². The number of hydrogen-bond acceptors (Lipinski definition) is 5. The van der Waals surface area contributed by atoms with E-state index < -0.39 is 0 Å². The van der Waals surface area contributed by atoms with E-state index in [4.69, 9.17) is 0 Å². The van der Waals surface area contributed by atoms with Gasteiger partial charge < -0.3 is 10.6 Å². The molecule has 86 valence electrons. The minimum absolute atomic E-state index is 0.0827. The molecule has 0 bridgehead atoms. The predicted molar refractivity (Wildman–Crippen MR) is 56.7 cm³/mol. The second-order valence-corrected chi connectivity index (χ2v) is 3.56. The number of tetrazole rings is 1. The molecular formula is C9H14N6O. The predicted octanol–water partition coefficient (Wildman–Crippen LogP) is -0.761. The normalized spacial score (nSPS) is 15.6. The number of aromatic amines is 1. The van der Waals surface area contributed by atoms with E-state index in [0.717, 1.165) is 25.9 Å². The summed E-state index contributed by atoms with van der Waals surface area (Å²) in [6.45, 7) is 2.55. The maximum Gasteiger partial charge on any atom is 0.292 e. The van der Waals surface area contributed by atoms with Gasteiger partial charge in [0.05, 0.1) is 0 Å². The minimum Gasteiger partial charge on any atom is -0.349 e. The SMILES string of the molecule is O=C(NCCC1=CCNCC1)c1nn[nH]n1. The van der Waals surface area contributed by atoms with Gasteiger partial charge in [-0.15, -0.1) is 10.2 Å². The minimum atomic E-state index is -0.289. The molecule has 0 aromatic carbocycles. The third-order valence-corrected chi connectivity index (χ3v) is 2.44. The number of hydrogen-bond donors (Lipinski definition) is 3. The van der Waals surface area contributed by atoms with Gasteiger partial charge in [-0.3, -0.25) is 4.79 Å². The van der Waals surface area contributed by atoms with Gasteiger partial charge in [0.1, 0.15) is 0 Å². The van der Waals surface area contributed by atoms with Crippen molar-refractivity contribution in [3.05, 3.63) is 17.5 Å². The fraction of sp³-hybridized carbons (Fsp3) is 0.556. The Morgan fingerprint density at radius 2 is 2.50 bits per heavy atom. The molecule has 0 aliphatic carbocycles. The van der Waals surface area contributed by atoms with Crippen LogP contribution in [0.25, 0.3) is 0 Å². The number of carbonyl (C=O) groups excluding carboxylic acids is 1. The summed E-state index contributed by atoms with van der Waals surface area (Å²) in [6, 6.07) is 0. The Morgan fingerprint density at radius 1 is 1.56 bits per heavy atom. The van der Waals surface area contributed by atoms with E-state index in [2.05, 4.69) is 37.3 Å². The molecule has 0 spiro atoms. The van der Waals surface area contributed by atoms with Crippen LogP contribution in [0.3, 0.4) is 0 Å². The lowest BCUT2D eigenvalue weighted by atomic mass is 10.1. The first-order valence-electron chi connectivity index (χ1n) is 5.26. The Kier molecular flexibility index (Phi) is 3.60. The Balaban J connectivity index is 1.72. The van der Waals surface area contributed by atoms with Gasteiger partial charge in [-0.2, -0.15) is 5.21 Å². The first-order chi connectivity index (χ1) is 7.86. The summed E-state index contributed by atoms with van der Waals surface area (Å²) >= 11 is 0. The summed E-state index contributed by atoms with van der Waals surface area (Å²) in [5, 5.41) is 18.7. The van der Waals surface area contributed by atoms with Crippen LogP contribution in [0.4, 0.5) is 0 Å². The number of amides is 1. The van der Waals surface area contributed by atoms with Crippen LogP contribution >= 0.6 is 0 Å². The van der Waals surface area contributed by atoms with Crippen molar-refractivity contribution in [1.29, 1.82) is 0 Å².